The van der Waals surface area contributed by atoms with Gasteiger partial charge in [0.25, 0.3) is 0 Å². The van der Waals surface area contributed by atoms with E-state index in [0.717, 1.165) is 62.3 Å². The van der Waals surface area contributed by atoms with Crippen LogP contribution in [0.2, 0.25) is 0 Å². The third-order valence-electron chi connectivity index (χ3n) is 8.05. The van der Waals surface area contributed by atoms with Gasteiger partial charge in [0.2, 0.25) is 0 Å². The predicted molar refractivity (Wildman–Crippen MR) is 136 cm³/mol. The minimum atomic E-state index is -4.25. The minimum absolute atomic E-state index is 0.221. The molecule has 190 valence electrons. The molecule has 0 unspecified atom stereocenters. The number of hydrogen-bond donors (Lipinski definition) is 1. The lowest BCUT2D eigenvalue weighted by atomic mass is 9.72. The van der Waals surface area contributed by atoms with Gasteiger partial charge in [0, 0.05) is 41.3 Å². The van der Waals surface area contributed by atoms with Crippen molar-refractivity contribution in [3.05, 3.63) is 65.1 Å². The van der Waals surface area contributed by atoms with Gasteiger partial charge in [-0.2, -0.15) is 18.4 Å². The maximum Gasteiger partial charge on any atom is 0.393 e. The number of fused-ring (bicyclic) bond motifs is 2. The highest BCUT2D eigenvalue weighted by Gasteiger charge is 2.45. The van der Waals surface area contributed by atoms with Crippen molar-refractivity contribution in [3.8, 4) is 6.07 Å². The number of H-pyrrole nitrogens is 1. The van der Waals surface area contributed by atoms with Gasteiger partial charge >= 0.3 is 6.18 Å². The Kier molecular flexibility index (Phi) is 5.60. The number of nitrogens with zero attached hydrogens (tertiary/aromatic N) is 5. The van der Waals surface area contributed by atoms with E-state index in [-0.39, 0.29) is 11.0 Å². The molecule has 2 aromatic heterocycles. The maximum atomic E-state index is 12.9. The number of aromatic nitrogens is 3. The number of rotatable bonds is 4. The van der Waals surface area contributed by atoms with Crippen molar-refractivity contribution in [1.82, 2.24) is 19.9 Å². The summed E-state index contributed by atoms with van der Waals surface area (Å²) in [5.74, 6) is 0.731. The van der Waals surface area contributed by atoms with E-state index in [1.165, 1.54) is 23.5 Å². The third-order valence-corrected chi connectivity index (χ3v) is 8.05. The first-order valence-electron chi connectivity index (χ1n) is 12.5. The Morgan fingerprint density at radius 3 is 2.57 bits per heavy atom. The van der Waals surface area contributed by atoms with Crippen LogP contribution >= 0.6 is 0 Å². The highest BCUT2D eigenvalue weighted by atomic mass is 19.4. The number of piperidine rings is 1. The summed E-state index contributed by atoms with van der Waals surface area (Å²) in [6.45, 7) is 6.73. The van der Waals surface area contributed by atoms with Gasteiger partial charge in [-0.25, -0.2) is 9.97 Å². The number of aryl methyl sites for hydroxylation is 1. The van der Waals surface area contributed by atoms with Crippen molar-refractivity contribution >= 4 is 27.6 Å². The van der Waals surface area contributed by atoms with Crippen LogP contribution in [-0.4, -0.2) is 52.2 Å². The zero-order valence-corrected chi connectivity index (χ0v) is 20.6. The molecule has 37 heavy (non-hydrogen) atoms. The summed E-state index contributed by atoms with van der Waals surface area (Å²) in [5, 5.41) is 11.0. The van der Waals surface area contributed by atoms with Crippen LogP contribution in [0.5, 0.6) is 0 Å². The molecule has 0 amide bonds. The van der Waals surface area contributed by atoms with Gasteiger partial charge in [0.1, 0.15) is 23.9 Å². The molecule has 6 nitrogen and oxygen atoms in total. The number of aromatic amines is 1. The SMILES string of the molecule is Cc1c(CN2CCC3(CC2)CN(c2ncnc4ccc(CC(F)(F)F)cc24)C3)ccc2[nH]c(C#N)cc12. The largest absolute Gasteiger partial charge is 0.393 e. The first-order valence-corrected chi connectivity index (χ1v) is 12.5. The summed E-state index contributed by atoms with van der Waals surface area (Å²) < 4.78 is 38.8. The number of nitriles is 1. The van der Waals surface area contributed by atoms with Crippen LogP contribution < -0.4 is 4.90 Å². The number of nitrogens with one attached hydrogen (secondary N) is 1. The molecule has 1 N–H and O–H groups in total. The third kappa shape index (κ3) is 4.51. The second-order valence-electron chi connectivity index (χ2n) is 10.6. The second-order valence-corrected chi connectivity index (χ2v) is 10.6. The van der Waals surface area contributed by atoms with E-state index in [1.54, 1.807) is 12.1 Å². The molecule has 2 aliphatic rings. The average molecular weight is 505 g/mol. The summed E-state index contributed by atoms with van der Waals surface area (Å²) >= 11 is 0. The zero-order chi connectivity index (χ0) is 25.8. The molecular weight excluding hydrogens is 477 g/mol. The molecule has 0 atom stereocenters. The van der Waals surface area contributed by atoms with Crippen LogP contribution in [0, 0.1) is 23.7 Å². The molecule has 4 heterocycles. The average Bonchev–Trinajstić information content (AvgIpc) is 3.28. The molecule has 2 aliphatic heterocycles. The standard InChI is InChI=1S/C28H27F3N6/c1-18-20(3-5-25-22(18)11-21(13-32)35-25)14-36-8-6-27(7-9-36)15-37(16-27)26-23-10-19(12-28(29,30)31)2-4-24(23)33-17-34-26/h2-5,10-11,17,35H,6-9,12,14-16H2,1H3. The summed E-state index contributed by atoms with van der Waals surface area (Å²) in [6.07, 6.45) is -1.54. The Hall–Kier alpha value is -3.64. The molecule has 4 aromatic rings. The summed E-state index contributed by atoms with van der Waals surface area (Å²) in [6, 6.07) is 13.1. The van der Waals surface area contributed by atoms with E-state index in [0.29, 0.717) is 16.6 Å². The smallest absolute Gasteiger partial charge is 0.355 e. The predicted octanol–water partition coefficient (Wildman–Crippen LogP) is 5.50. The fraction of sp³-hybridized carbons (Fsp3) is 0.393. The first-order chi connectivity index (χ1) is 17.7. The molecular formula is C28H27F3N6. The van der Waals surface area contributed by atoms with Crippen LogP contribution in [0.4, 0.5) is 19.0 Å². The quantitative estimate of drug-likeness (QED) is 0.398. The number of alkyl halides is 3. The molecule has 9 heteroatoms. The lowest BCUT2D eigenvalue weighted by Gasteiger charge is -2.54. The first kappa shape index (κ1) is 23.7. The number of halogens is 3. The Morgan fingerprint density at radius 2 is 1.84 bits per heavy atom. The fourth-order valence-corrected chi connectivity index (χ4v) is 5.97. The van der Waals surface area contributed by atoms with Gasteiger partial charge in [-0.1, -0.05) is 12.1 Å². The van der Waals surface area contributed by atoms with E-state index >= 15 is 0 Å². The van der Waals surface area contributed by atoms with Gasteiger partial charge in [0.15, 0.2) is 0 Å². The molecule has 0 bridgehead atoms. The van der Waals surface area contributed by atoms with Crippen LogP contribution in [-0.2, 0) is 13.0 Å². The summed E-state index contributed by atoms with van der Waals surface area (Å²) in [7, 11) is 0. The zero-order valence-electron chi connectivity index (χ0n) is 20.6. The number of anilines is 1. The Morgan fingerprint density at radius 1 is 1.05 bits per heavy atom. The Labute approximate surface area is 212 Å². The van der Waals surface area contributed by atoms with Crippen LogP contribution in [0.3, 0.4) is 0 Å². The molecule has 0 saturated carbocycles. The van der Waals surface area contributed by atoms with E-state index < -0.39 is 12.6 Å². The molecule has 6 rings (SSSR count). The van der Waals surface area contributed by atoms with Crippen molar-refractivity contribution < 1.29 is 13.2 Å². The number of likely N-dealkylation sites (tertiary alicyclic amines) is 1. The van der Waals surface area contributed by atoms with Gasteiger partial charge in [0.05, 0.1) is 11.9 Å². The molecule has 2 fully saturated rings. The van der Waals surface area contributed by atoms with Crippen molar-refractivity contribution in [2.45, 2.75) is 38.9 Å². The molecule has 0 radical (unpaired) electrons. The highest BCUT2D eigenvalue weighted by molar-refractivity contribution is 5.90. The van der Waals surface area contributed by atoms with E-state index in [9.17, 15) is 18.4 Å². The van der Waals surface area contributed by atoms with Gasteiger partial charge < -0.3 is 9.88 Å². The minimum Gasteiger partial charge on any atom is -0.355 e. The Balaban J connectivity index is 1.12. The molecule has 1 spiro atoms. The van der Waals surface area contributed by atoms with E-state index in [4.69, 9.17) is 0 Å². The normalized spacial score (nSPS) is 17.9. The Bertz CT molecular complexity index is 1520. The molecule has 2 saturated heterocycles. The molecule has 2 aromatic carbocycles. The van der Waals surface area contributed by atoms with Crippen LogP contribution in [0.1, 0.15) is 35.2 Å². The summed E-state index contributed by atoms with van der Waals surface area (Å²) in [5.41, 5.74) is 5.19. The topological polar surface area (TPSA) is 71.8 Å². The highest BCUT2D eigenvalue weighted by Crippen LogP contribution is 2.44. The second kappa shape index (κ2) is 8.73. The van der Waals surface area contributed by atoms with Crippen LogP contribution in [0.25, 0.3) is 21.8 Å². The van der Waals surface area contributed by atoms with Gasteiger partial charge in [-0.05, 0) is 73.8 Å². The fourth-order valence-electron chi connectivity index (χ4n) is 5.97. The van der Waals surface area contributed by atoms with Crippen LogP contribution in [0.15, 0.2) is 42.7 Å². The number of benzene rings is 2. The van der Waals surface area contributed by atoms with Crippen molar-refractivity contribution in [2.24, 2.45) is 5.41 Å². The molecule has 0 aliphatic carbocycles. The van der Waals surface area contributed by atoms with Gasteiger partial charge in [-0.3, -0.25) is 4.90 Å². The maximum absolute atomic E-state index is 12.9. The monoisotopic (exact) mass is 504 g/mol. The van der Waals surface area contributed by atoms with Crippen molar-refractivity contribution in [1.29, 1.82) is 5.26 Å². The number of hydrogen-bond acceptors (Lipinski definition) is 5. The summed E-state index contributed by atoms with van der Waals surface area (Å²) in [4.78, 5) is 16.5. The van der Waals surface area contributed by atoms with Gasteiger partial charge in [-0.15, -0.1) is 0 Å². The van der Waals surface area contributed by atoms with Crippen molar-refractivity contribution in [3.63, 3.8) is 0 Å². The van der Waals surface area contributed by atoms with E-state index in [1.807, 2.05) is 6.07 Å². The van der Waals surface area contributed by atoms with Crippen molar-refractivity contribution in [2.75, 3.05) is 31.1 Å². The lowest BCUT2D eigenvalue weighted by Crippen LogP contribution is -2.60. The van der Waals surface area contributed by atoms with E-state index in [2.05, 4.69) is 49.9 Å². The lowest BCUT2D eigenvalue weighted by molar-refractivity contribution is -0.127.